The fraction of sp³-hybridized carbons (Fsp3) is 0.923. The largest absolute Gasteiger partial charge is 0.394 e. The molecular weight excluding hydrogens is 392 g/mol. The highest BCUT2D eigenvalue weighted by Gasteiger charge is 2.40. The molecule has 1 saturated heterocycles. The molecule has 0 spiro atoms. The monoisotopic (exact) mass is 442 g/mol. The van der Waals surface area contributed by atoms with Crippen LogP contribution >= 0.6 is 0 Å². The van der Waals surface area contributed by atoms with Crippen LogP contribution in [0.25, 0.3) is 0 Å². The van der Waals surface area contributed by atoms with Gasteiger partial charge < -0.3 is 24.8 Å². The van der Waals surface area contributed by atoms with Gasteiger partial charge in [-0.1, -0.05) is 89.7 Å². The maximum Gasteiger partial charge on any atom is 0.114 e. The molecule has 0 bridgehead atoms. The van der Waals surface area contributed by atoms with Crippen LogP contribution in [-0.2, 0) is 9.47 Å². The predicted octanol–water partition coefficient (Wildman–Crippen LogP) is 5.30. The van der Waals surface area contributed by atoms with Crippen molar-refractivity contribution >= 4 is 0 Å². The van der Waals surface area contributed by atoms with Gasteiger partial charge in [-0.3, -0.25) is 0 Å². The van der Waals surface area contributed by atoms with Crippen molar-refractivity contribution in [2.24, 2.45) is 0 Å². The SMILES string of the molecule is CCCCCCCC/C=C/CCCCCCCCCCO[C@@H]1[C@H]([C@@H](O)CO)OC[C@H]1O. The van der Waals surface area contributed by atoms with Crippen LogP contribution in [-0.4, -0.2) is 59.6 Å². The molecule has 3 N–H and O–H groups in total. The molecule has 1 aliphatic heterocycles. The van der Waals surface area contributed by atoms with E-state index in [1.54, 1.807) is 0 Å². The number of aliphatic hydroxyl groups excluding tert-OH is 3. The number of hydrogen-bond donors (Lipinski definition) is 3. The summed E-state index contributed by atoms with van der Waals surface area (Å²) in [5, 5.41) is 28.7. The molecule has 184 valence electrons. The molecule has 0 aromatic heterocycles. The lowest BCUT2D eigenvalue weighted by atomic mass is 10.1. The maximum absolute atomic E-state index is 9.91. The van der Waals surface area contributed by atoms with E-state index in [1.807, 2.05) is 0 Å². The minimum absolute atomic E-state index is 0.154. The first-order valence-electron chi connectivity index (χ1n) is 13.1. The van der Waals surface area contributed by atoms with Crippen molar-refractivity contribution in [1.82, 2.24) is 0 Å². The van der Waals surface area contributed by atoms with Crippen LogP contribution in [0.1, 0.15) is 110 Å². The molecule has 1 rings (SSSR count). The summed E-state index contributed by atoms with van der Waals surface area (Å²) in [6.45, 7) is 2.60. The van der Waals surface area contributed by atoms with E-state index in [0.29, 0.717) is 6.61 Å². The number of hydrogen-bond acceptors (Lipinski definition) is 5. The van der Waals surface area contributed by atoms with E-state index in [0.717, 1.165) is 12.8 Å². The Kier molecular flexibility index (Phi) is 18.6. The highest BCUT2D eigenvalue weighted by atomic mass is 16.6. The quantitative estimate of drug-likeness (QED) is 0.166. The standard InChI is InChI=1S/C26H50O5/c1-2-3-4-5-6-7-8-9-10-11-12-13-14-15-16-17-18-19-20-30-26-24(29)22-31-25(26)23(28)21-27/h9-10,23-29H,2-8,11-22H2,1H3/b10-9+/t23-,24+,25-,26-/m0/s1. The minimum atomic E-state index is -1.00. The summed E-state index contributed by atoms with van der Waals surface area (Å²) in [5.74, 6) is 0. The summed E-state index contributed by atoms with van der Waals surface area (Å²) in [5.41, 5.74) is 0. The van der Waals surface area contributed by atoms with Crippen LogP contribution in [0.5, 0.6) is 0 Å². The van der Waals surface area contributed by atoms with Gasteiger partial charge in [0.1, 0.15) is 24.4 Å². The van der Waals surface area contributed by atoms with Crippen molar-refractivity contribution in [2.45, 2.75) is 134 Å². The molecule has 0 aromatic carbocycles. The number of unbranched alkanes of at least 4 members (excludes halogenated alkanes) is 14. The molecular formula is C26H50O5. The summed E-state index contributed by atoms with van der Waals surface area (Å²) in [6.07, 6.45) is 22.5. The summed E-state index contributed by atoms with van der Waals surface area (Å²) >= 11 is 0. The van der Waals surface area contributed by atoms with Crippen molar-refractivity contribution < 1.29 is 24.8 Å². The van der Waals surface area contributed by atoms with Crippen molar-refractivity contribution in [3.63, 3.8) is 0 Å². The van der Waals surface area contributed by atoms with Crippen LogP contribution in [0.4, 0.5) is 0 Å². The van der Waals surface area contributed by atoms with Gasteiger partial charge in [-0.05, 0) is 32.1 Å². The average Bonchev–Trinajstić information content (AvgIpc) is 3.15. The van der Waals surface area contributed by atoms with Crippen LogP contribution in [0.3, 0.4) is 0 Å². The molecule has 0 aromatic rings. The Morgan fingerprint density at radius 1 is 0.839 bits per heavy atom. The van der Waals surface area contributed by atoms with E-state index >= 15 is 0 Å². The lowest BCUT2D eigenvalue weighted by Gasteiger charge is -2.23. The number of ether oxygens (including phenoxy) is 2. The van der Waals surface area contributed by atoms with Crippen molar-refractivity contribution in [1.29, 1.82) is 0 Å². The maximum atomic E-state index is 9.91. The van der Waals surface area contributed by atoms with E-state index in [1.165, 1.54) is 89.9 Å². The Labute approximate surface area is 191 Å². The molecule has 31 heavy (non-hydrogen) atoms. The van der Waals surface area contributed by atoms with Crippen LogP contribution in [0.15, 0.2) is 12.2 Å². The van der Waals surface area contributed by atoms with E-state index in [9.17, 15) is 10.2 Å². The van der Waals surface area contributed by atoms with E-state index in [-0.39, 0.29) is 13.2 Å². The summed E-state index contributed by atoms with van der Waals surface area (Å²) < 4.78 is 11.1. The normalized spacial score (nSPS) is 22.5. The third-order valence-corrected chi connectivity index (χ3v) is 6.20. The Bertz CT molecular complexity index is 415. The predicted molar refractivity (Wildman–Crippen MR) is 127 cm³/mol. The third-order valence-electron chi connectivity index (χ3n) is 6.20. The molecule has 1 aliphatic rings. The first-order valence-corrected chi connectivity index (χ1v) is 13.1. The molecule has 0 radical (unpaired) electrons. The Morgan fingerprint density at radius 2 is 1.35 bits per heavy atom. The van der Waals surface area contributed by atoms with Gasteiger partial charge in [0.15, 0.2) is 0 Å². The first kappa shape index (κ1) is 28.6. The fourth-order valence-electron chi connectivity index (χ4n) is 4.18. The molecule has 0 amide bonds. The first-order chi connectivity index (χ1) is 15.2. The van der Waals surface area contributed by atoms with Crippen molar-refractivity contribution in [3.8, 4) is 0 Å². The van der Waals surface area contributed by atoms with Gasteiger partial charge in [0.05, 0.1) is 13.2 Å². The lowest BCUT2D eigenvalue weighted by Crippen LogP contribution is -2.42. The van der Waals surface area contributed by atoms with Gasteiger partial charge >= 0.3 is 0 Å². The van der Waals surface area contributed by atoms with Gasteiger partial charge in [0.2, 0.25) is 0 Å². The van der Waals surface area contributed by atoms with E-state index in [4.69, 9.17) is 14.6 Å². The zero-order valence-corrected chi connectivity index (χ0v) is 20.1. The van der Waals surface area contributed by atoms with Crippen LogP contribution in [0, 0.1) is 0 Å². The lowest BCUT2D eigenvalue weighted by molar-refractivity contribution is -0.0938. The van der Waals surface area contributed by atoms with Gasteiger partial charge in [-0.2, -0.15) is 0 Å². The topological polar surface area (TPSA) is 79.2 Å². The molecule has 5 nitrogen and oxygen atoms in total. The number of rotatable bonds is 21. The fourth-order valence-corrected chi connectivity index (χ4v) is 4.18. The van der Waals surface area contributed by atoms with Gasteiger partial charge in [0, 0.05) is 6.61 Å². The molecule has 4 atom stereocenters. The molecule has 0 unspecified atom stereocenters. The van der Waals surface area contributed by atoms with Gasteiger partial charge in [-0.15, -0.1) is 0 Å². The van der Waals surface area contributed by atoms with Gasteiger partial charge in [0.25, 0.3) is 0 Å². The Balaban J connectivity index is 1.83. The van der Waals surface area contributed by atoms with Crippen LogP contribution < -0.4 is 0 Å². The molecule has 0 saturated carbocycles. The highest BCUT2D eigenvalue weighted by Crippen LogP contribution is 2.21. The Hall–Kier alpha value is -0.460. The van der Waals surface area contributed by atoms with E-state index < -0.39 is 24.4 Å². The molecule has 1 fully saturated rings. The second-order valence-electron chi connectivity index (χ2n) is 9.10. The number of allylic oxidation sites excluding steroid dienone is 2. The molecule has 0 aliphatic carbocycles. The molecule has 1 heterocycles. The smallest absolute Gasteiger partial charge is 0.114 e. The van der Waals surface area contributed by atoms with E-state index in [2.05, 4.69) is 19.1 Å². The second kappa shape index (κ2) is 20.2. The zero-order chi connectivity index (χ0) is 22.6. The van der Waals surface area contributed by atoms with Crippen molar-refractivity contribution in [3.05, 3.63) is 12.2 Å². The average molecular weight is 443 g/mol. The van der Waals surface area contributed by atoms with Crippen LogP contribution in [0.2, 0.25) is 0 Å². The highest BCUT2D eigenvalue weighted by molar-refractivity contribution is 4.89. The summed E-state index contributed by atoms with van der Waals surface area (Å²) in [7, 11) is 0. The number of aliphatic hydroxyl groups is 3. The second-order valence-corrected chi connectivity index (χ2v) is 9.10. The third kappa shape index (κ3) is 14.3. The zero-order valence-electron chi connectivity index (χ0n) is 20.1. The molecule has 5 heteroatoms. The Morgan fingerprint density at radius 3 is 1.90 bits per heavy atom. The summed E-state index contributed by atoms with van der Waals surface area (Å²) in [6, 6.07) is 0. The van der Waals surface area contributed by atoms with Gasteiger partial charge in [-0.25, -0.2) is 0 Å². The van der Waals surface area contributed by atoms with Crippen molar-refractivity contribution in [2.75, 3.05) is 19.8 Å². The minimum Gasteiger partial charge on any atom is -0.394 e. The summed E-state index contributed by atoms with van der Waals surface area (Å²) in [4.78, 5) is 0.